The number of rotatable bonds is 8. The van der Waals surface area contributed by atoms with E-state index < -0.39 is 28.8 Å². The highest BCUT2D eigenvalue weighted by Crippen LogP contribution is 2.77. The molecule has 0 unspecified atom stereocenters. The first-order valence-corrected chi connectivity index (χ1v) is 21.1. The number of carbonyl (C=O) groups is 4. The number of hydrogen-bond donors (Lipinski definition) is 4. The van der Waals surface area contributed by atoms with E-state index in [0.29, 0.717) is 24.7 Å². The summed E-state index contributed by atoms with van der Waals surface area (Å²) in [5, 5.41) is 28.1. The lowest BCUT2D eigenvalue weighted by atomic mass is 9.33. The third-order valence-corrected chi connectivity index (χ3v) is 18.0. The van der Waals surface area contributed by atoms with Crippen molar-refractivity contribution in [1.82, 2.24) is 10.6 Å². The molecule has 0 radical (unpaired) electrons. The van der Waals surface area contributed by atoms with Gasteiger partial charge in [-0.2, -0.15) is 0 Å². The number of allylic oxidation sites excluding steroid dienone is 1. The molecule has 6 fully saturated rings. The van der Waals surface area contributed by atoms with Crippen LogP contribution in [0.4, 0.5) is 0 Å². The lowest BCUT2D eigenvalue weighted by Crippen LogP contribution is -2.66. The number of carbonyl (C=O) groups excluding carboxylic acids is 3. The van der Waals surface area contributed by atoms with Crippen LogP contribution in [-0.4, -0.2) is 65.2 Å². The zero-order chi connectivity index (χ0) is 38.7. The molecule has 4 N–H and O–H groups in total. The first-order chi connectivity index (χ1) is 24.7. The highest BCUT2D eigenvalue weighted by Gasteiger charge is 2.71. The maximum Gasteiger partial charge on any atom is 0.309 e. The summed E-state index contributed by atoms with van der Waals surface area (Å²) in [4.78, 5) is 52.4. The van der Waals surface area contributed by atoms with Crippen molar-refractivity contribution in [2.75, 3.05) is 13.1 Å². The van der Waals surface area contributed by atoms with Gasteiger partial charge in [0.15, 0.2) is 5.78 Å². The molecule has 1 saturated heterocycles. The summed E-state index contributed by atoms with van der Waals surface area (Å²) in [5.74, 6) is -0.709. The van der Waals surface area contributed by atoms with E-state index in [0.717, 1.165) is 76.3 Å². The number of carboxylic acids is 1. The molecular weight excluding hydrogens is 668 g/mol. The van der Waals surface area contributed by atoms with E-state index in [1.807, 2.05) is 13.8 Å². The molecule has 12 atom stereocenters. The van der Waals surface area contributed by atoms with Gasteiger partial charge in [-0.3, -0.25) is 19.2 Å². The molecule has 1 heterocycles. The van der Waals surface area contributed by atoms with Crippen molar-refractivity contribution in [3.05, 3.63) is 11.1 Å². The van der Waals surface area contributed by atoms with E-state index >= 15 is 0 Å². The predicted molar refractivity (Wildman–Crippen MR) is 202 cm³/mol. The molecule has 53 heavy (non-hydrogen) atoms. The third kappa shape index (κ3) is 5.49. The van der Waals surface area contributed by atoms with Gasteiger partial charge in [0, 0.05) is 23.8 Å². The zero-order valence-corrected chi connectivity index (χ0v) is 34.0. The summed E-state index contributed by atoms with van der Waals surface area (Å²) in [6, 6.07) is -0.207. The van der Waals surface area contributed by atoms with Crippen LogP contribution in [-0.2, 0) is 23.9 Å². The Morgan fingerprint density at radius 2 is 1.58 bits per heavy atom. The lowest BCUT2D eigenvalue weighted by molar-refractivity contribution is -0.238. The molecule has 7 aliphatic rings. The molecule has 296 valence electrons. The van der Waals surface area contributed by atoms with E-state index in [1.165, 1.54) is 5.57 Å². The highest BCUT2D eigenvalue weighted by atomic mass is 16.5. The number of nitrogens with one attached hydrogen (secondary N) is 2. The van der Waals surface area contributed by atoms with Crippen molar-refractivity contribution in [2.45, 2.75) is 158 Å². The molecule has 7 rings (SSSR count). The predicted octanol–water partition coefficient (Wildman–Crippen LogP) is 6.85. The summed E-state index contributed by atoms with van der Waals surface area (Å²) in [7, 11) is 0. The molecular formula is C44H68N2O7. The molecule has 0 bridgehead atoms. The topological polar surface area (TPSA) is 142 Å². The molecule has 0 aromatic carbocycles. The number of amides is 1. The lowest BCUT2D eigenvalue weighted by Gasteiger charge is -2.72. The Balaban J connectivity index is 1.13. The van der Waals surface area contributed by atoms with Crippen LogP contribution in [0.15, 0.2) is 11.1 Å². The van der Waals surface area contributed by atoms with Crippen molar-refractivity contribution in [3.63, 3.8) is 0 Å². The number of aliphatic hydroxyl groups is 1. The number of hydrogen-bond acceptors (Lipinski definition) is 7. The number of ketones is 1. The maximum absolute atomic E-state index is 14.0. The van der Waals surface area contributed by atoms with Gasteiger partial charge >= 0.3 is 11.9 Å². The van der Waals surface area contributed by atoms with Crippen molar-refractivity contribution in [1.29, 1.82) is 0 Å². The first kappa shape index (κ1) is 39.0. The molecule has 0 aromatic heterocycles. The smallest absolute Gasteiger partial charge is 0.309 e. The van der Waals surface area contributed by atoms with Gasteiger partial charge < -0.3 is 25.6 Å². The molecule has 5 saturated carbocycles. The summed E-state index contributed by atoms with van der Waals surface area (Å²) in [6.45, 7) is 21.2. The zero-order valence-electron chi connectivity index (χ0n) is 34.0. The molecule has 1 aliphatic heterocycles. The number of Topliss-reactive ketones (excluding diaryl/α,β-unsaturated/α-hetero) is 1. The van der Waals surface area contributed by atoms with Gasteiger partial charge in [-0.25, -0.2) is 0 Å². The Labute approximate surface area is 317 Å². The van der Waals surface area contributed by atoms with Crippen LogP contribution >= 0.6 is 0 Å². The Kier molecular flexibility index (Phi) is 9.48. The average molecular weight is 737 g/mol. The Hall–Kier alpha value is -2.26. The number of carboxylic acid groups (broad SMARTS) is 1. The van der Waals surface area contributed by atoms with Crippen LogP contribution in [0.3, 0.4) is 0 Å². The highest BCUT2D eigenvalue weighted by molar-refractivity contribution is 6.01. The molecule has 9 nitrogen and oxygen atoms in total. The molecule has 0 aromatic rings. The van der Waals surface area contributed by atoms with Crippen LogP contribution in [0.2, 0.25) is 0 Å². The van der Waals surface area contributed by atoms with Gasteiger partial charge in [0.05, 0.1) is 24.0 Å². The van der Waals surface area contributed by atoms with E-state index in [1.54, 1.807) is 0 Å². The Bertz CT molecular complexity index is 1580. The van der Waals surface area contributed by atoms with Crippen LogP contribution in [0.5, 0.6) is 0 Å². The fourth-order valence-electron chi connectivity index (χ4n) is 14.7. The number of aliphatic hydroxyl groups excluding tert-OH is 1. The first-order valence-electron chi connectivity index (χ1n) is 21.1. The average Bonchev–Trinajstić information content (AvgIpc) is 3.71. The standard InChI is InChI=1S/C44H68N2O7/c1-24(2)34-29(47)22-44(32(48)23-46-36(49)28-11-10-20-45-28)19-18-42(8)25(35(34)44)12-13-31-41(7)16-15-33(40(5,6)30(41)14-17-43(31,42)9)53-38(52)27-21-26(37(50)51)39(27,3)4/h24-28,30-33,45,48H,10-23H2,1-9H3,(H,46,49)(H,50,51)/t25-,26+,27-,28+,30+,31-,32+,33+,41+,42-,43-,44+/m1/s1. The third-order valence-electron chi connectivity index (χ3n) is 18.0. The number of ether oxygens (including phenoxy) is 1. The van der Waals surface area contributed by atoms with E-state index in [9.17, 15) is 29.4 Å². The SMILES string of the molecule is CC(C)C1=C2[C@H]3CC[C@@H]4[C@@]5(C)CC[C@H](OC(=O)[C@H]6C[C@@H](C(=O)O)C6(C)C)C(C)(C)[C@@H]5CC[C@@]4(C)[C@]3(C)CC[C@@]2([C@@H](O)CNC(=O)[C@@H]2CCCN2)CC1=O. The number of aliphatic carboxylic acids is 1. The van der Waals surface area contributed by atoms with Crippen molar-refractivity contribution >= 4 is 23.6 Å². The number of esters is 1. The van der Waals surface area contributed by atoms with E-state index in [2.05, 4.69) is 59.1 Å². The monoisotopic (exact) mass is 737 g/mol. The van der Waals surface area contributed by atoms with Gasteiger partial charge in [-0.05, 0) is 128 Å². The van der Waals surface area contributed by atoms with Gasteiger partial charge in [0.25, 0.3) is 0 Å². The molecule has 1 amide bonds. The van der Waals surface area contributed by atoms with Crippen LogP contribution in [0, 0.1) is 68.0 Å². The molecule has 0 spiro atoms. The van der Waals surface area contributed by atoms with Crippen LogP contribution in [0.25, 0.3) is 0 Å². The van der Waals surface area contributed by atoms with E-state index in [4.69, 9.17) is 4.74 Å². The second kappa shape index (κ2) is 12.9. The summed E-state index contributed by atoms with van der Waals surface area (Å²) in [5.41, 5.74) is 0.738. The van der Waals surface area contributed by atoms with E-state index in [-0.39, 0.29) is 75.8 Å². The van der Waals surface area contributed by atoms with Gasteiger partial charge in [-0.1, -0.05) is 67.9 Å². The van der Waals surface area contributed by atoms with Gasteiger partial charge in [0.2, 0.25) is 5.91 Å². The quantitative estimate of drug-likeness (QED) is 0.198. The Morgan fingerprint density at radius 3 is 2.21 bits per heavy atom. The minimum absolute atomic E-state index is 0.0305. The summed E-state index contributed by atoms with van der Waals surface area (Å²) in [6.07, 6.45) is 9.13. The molecule has 9 heteroatoms. The summed E-state index contributed by atoms with van der Waals surface area (Å²) < 4.78 is 6.40. The fourth-order valence-corrected chi connectivity index (χ4v) is 14.7. The minimum Gasteiger partial charge on any atom is -0.481 e. The fraction of sp³-hybridized carbons (Fsp3) is 0.864. The normalized spacial score (nSPS) is 44.6. The van der Waals surface area contributed by atoms with Crippen molar-refractivity contribution in [3.8, 4) is 0 Å². The van der Waals surface area contributed by atoms with Gasteiger partial charge in [-0.15, -0.1) is 0 Å². The maximum atomic E-state index is 14.0. The second-order valence-corrected chi connectivity index (χ2v) is 21.0. The van der Waals surface area contributed by atoms with Crippen LogP contribution in [0.1, 0.15) is 139 Å². The van der Waals surface area contributed by atoms with Crippen molar-refractivity contribution < 1.29 is 34.1 Å². The molecule has 6 aliphatic carbocycles. The second-order valence-electron chi connectivity index (χ2n) is 21.0. The van der Waals surface area contributed by atoms with Crippen molar-refractivity contribution in [2.24, 2.45) is 68.0 Å². The number of fused-ring (bicyclic) bond motifs is 7. The van der Waals surface area contributed by atoms with Crippen LogP contribution < -0.4 is 10.6 Å². The van der Waals surface area contributed by atoms with Gasteiger partial charge in [0.1, 0.15) is 6.10 Å². The Morgan fingerprint density at radius 1 is 0.868 bits per heavy atom. The largest absolute Gasteiger partial charge is 0.481 e. The summed E-state index contributed by atoms with van der Waals surface area (Å²) >= 11 is 0. The minimum atomic E-state index is -0.835.